The summed E-state index contributed by atoms with van der Waals surface area (Å²) < 4.78 is 6.59. The summed E-state index contributed by atoms with van der Waals surface area (Å²) >= 11 is 3.38. The Bertz CT molecular complexity index is 896. The van der Waals surface area contributed by atoms with Gasteiger partial charge in [0, 0.05) is 10.9 Å². The molecule has 1 aliphatic rings. The first kappa shape index (κ1) is 20.6. The Hall–Kier alpha value is -2.18. The zero-order chi connectivity index (χ0) is 20.5. The summed E-state index contributed by atoms with van der Waals surface area (Å²) in [6, 6.07) is 13.2. The third-order valence-corrected chi connectivity index (χ3v) is 5.69. The van der Waals surface area contributed by atoms with E-state index in [-0.39, 0.29) is 31.4 Å². The standard InChI is InChI=1S/C22H24BrNO4/c1-14-4-9-19(15(2)10-14)28-13-18(25)12-24-20(26)11-22(3,21(24)27)16-5-7-17(23)8-6-16/h4-10,18,25H,11-13H2,1-3H3. The van der Waals surface area contributed by atoms with Gasteiger partial charge in [-0.3, -0.25) is 14.5 Å². The van der Waals surface area contributed by atoms with E-state index in [1.165, 1.54) is 0 Å². The van der Waals surface area contributed by atoms with Crippen LogP contribution >= 0.6 is 15.9 Å². The number of aryl methyl sites for hydroxylation is 2. The van der Waals surface area contributed by atoms with E-state index in [1.54, 1.807) is 6.92 Å². The van der Waals surface area contributed by atoms with Gasteiger partial charge in [-0.2, -0.15) is 0 Å². The molecule has 28 heavy (non-hydrogen) atoms. The van der Waals surface area contributed by atoms with Crippen LogP contribution in [0, 0.1) is 13.8 Å². The summed E-state index contributed by atoms with van der Waals surface area (Å²) in [4.78, 5) is 26.6. The Kier molecular flexibility index (Phi) is 5.91. The number of halogens is 1. The molecule has 1 saturated heterocycles. The number of ether oxygens (including phenoxy) is 1. The van der Waals surface area contributed by atoms with Crippen LogP contribution in [-0.4, -0.2) is 41.1 Å². The van der Waals surface area contributed by atoms with Crippen molar-refractivity contribution in [2.75, 3.05) is 13.2 Å². The van der Waals surface area contributed by atoms with E-state index in [4.69, 9.17) is 4.74 Å². The third-order valence-electron chi connectivity index (χ3n) is 5.16. The zero-order valence-corrected chi connectivity index (χ0v) is 17.8. The van der Waals surface area contributed by atoms with Crippen LogP contribution in [0.1, 0.15) is 30.0 Å². The van der Waals surface area contributed by atoms with Gasteiger partial charge in [0.1, 0.15) is 18.5 Å². The Balaban J connectivity index is 1.66. The molecule has 1 fully saturated rings. The fourth-order valence-electron chi connectivity index (χ4n) is 3.52. The number of hydrogen-bond donors (Lipinski definition) is 1. The molecular weight excluding hydrogens is 422 g/mol. The van der Waals surface area contributed by atoms with E-state index in [0.717, 1.165) is 26.1 Å². The predicted molar refractivity (Wildman–Crippen MR) is 110 cm³/mol. The number of aliphatic hydroxyl groups is 1. The van der Waals surface area contributed by atoms with Crippen LogP contribution in [0.25, 0.3) is 0 Å². The molecule has 1 N–H and O–H groups in total. The van der Waals surface area contributed by atoms with Gasteiger partial charge in [-0.15, -0.1) is 0 Å². The molecule has 0 aliphatic carbocycles. The van der Waals surface area contributed by atoms with Crippen LogP contribution in [0.5, 0.6) is 5.75 Å². The van der Waals surface area contributed by atoms with Gasteiger partial charge in [0.05, 0.1) is 12.0 Å². The highest BCUT2D eigenvalue weighted by Gasteiger charge is 2.49. The van der Waals surface area contributed by atoms with Crippen LogP contribution in [0.4, 0.5) is 0 Å². The monoisotopic (exact) mass is 445 g/mol. The lowest BCUT2D eigenvalue weighted by Gasteiger charge is -2.24. The molecular formula is C22H24BrNO4. The Labute approximate surface area is 173 Å². The molecule has 1 aliphatic heterocycles. The van der Waals surface area contributed by atoms with Gasteiger partial charge >= 0.3 is 0 Å². The maximum Gasteiger partial charge on any atom is 0.240 e. The van der Waals surface area contributed by atoms with Crippen molar-refractivity contribution in [3.05, 3.63) is 63.6 Å². The van der Waals surface area contributed by atoms with Crippen LogP contribution in [0.3, 0.4) is 0 Å². The molecule has 2 unspecified atom stereocenters. The van der Waals surface area contributed by atoms with Gasteiger partial charge in [-0.05, 0) is 50.1 Å². The SMILES string of the molecule is Cc1ccc(OCC(O)CN2C(=O)CC(C)(c3ccc(Br)cc3)C2=O)c(C)c1. The second-order valence-electron chi connectivity index (χ2n) is 7.56. The van der Waals surface area contributed by atoms with Gasteiger partial charge in [-0.25, -0.2) is 0 Å². The number of β-amino-alcohol motifs (C(OH)–C–C–N with tert-alkyl or cyclic N) is 1. The molecule has 0 aromatic heterocycles. The topological polar surface area (TPSA) is 66.8 Å². The highest BCUT2D eigenvalue weighted by atomic mass is 79.9. The maximum atomic E-state index is 13.0. The molecule has 0 saturated carbocycles. The first-order valence-electron chi connectivity index (χ1n) is 9.19. The molecule has 2 atom stereocenters. The first-order valence-corrected chi connectivity index (χ1v) is 9.99. The normalized spacial score (nSPS) is 20.5. The summed E-state index contributed by atoms with van der Waals surface area (Å²) in [5.41, 5.74) is 1.98. The van der Waals surface area contributed by atoms with Crippen LogP contribution in [0.2, 0.25) is 0 Å². The van der Waals surface area contributed by atoms with E-state index >= 15 is 0 Å². The highest BCUT2D eigenvalue weighted by Crippen LogP contribution is 2.36. The molecule has 2 amide bonds. The summed E-state index contributed by atoms with van der Waals surface area (Å²) in [6.07, 6.45) is -0.862. The van der Waals surface area contributed by atoms with Crippen LogP contribution in [-0.2, 0) is 15.0 Å². The molecule has 1 heterocycles. The smallest absolute Gasteiger partial charge is 0.240 e. The van der Waals surface area contributed by atoms with Crippen molar-refractivity contribution in [3.63, 3.8) is 0 Å². The fraction of sp³-hybridized carbons (Fsp3) is 0.364. The second kappa shape index (κ2) is 8.05. The predicted octanol–water partition coefficient (Wildman–Crippen LogP) is 3.52. The average Bonchev–Trinajstić information content (AvgIpc) is 2.85. The zero-order valence-electron chi connectivity index (χ0n) is 16.2. The van der Waals surface area contributed by atoms with Gasteiger partial charge in [-0.1, -0.05) is 45.8 Å². The van der Waals surface area contributed by atoms with Crippen molar-refractivity contribution in [1.82, 2.24) is 4.90 Å². The number of carbonyl (C=O) groups is 2. The summed E-state index contributed by atoms with van der Waals surface area (Å²) in [7, 11) is 0. The van der Waals surface area contributed by atoms with E-state index in [0.29, 0.717) is 5.75 Å². The molecule has 2 aromatic rings. The third kappa shape index (κ3) is 4.13. The van der Waals surface area contributed by atoms with E-state index in [9.17, 15) is 14.7 Å². The molecule has 2 aromatic carbocycles. The van der Waals surface area contributed by atoms with Gasteiger partial charge in [0.2, 0.25) is 11.8 Å². The molecule has 0 bridgehead atoms. The largest absolute Gasteiger partial charge is 0.491 e. The lowest BCUT2D eigenvalue weighted by molar-refractivity contribution is -0.141. The number of carbonyl (C=O) groups excluding carboxylic acids is 2. The van der Waals surface area contributed by atoms with E-state index in [1.807, 2.05) is 56.3 Å². The van der Waals surface area contributed by atoms with Gasteiger partial charge in [0.15, 0.2) is 0 Å². The number of hydrogen-bond acceptors (Lipinski definition) is 4. The number of nitrogens with zero attached hydrogens (tertiary/aromatic N) is 1. The second-order valence-corrected chi connectivity index (χ2v) is 8.47. The van der Waals surface area contributed by atoms with Crippen molar-refractivity contribution in [2.24, 2.45) is 0 Å². The van der Waals surface area contributed by atoms with Gasteiger partial charge in [0.25, 0.3) is 0 Å². The van der Waals surface area contributed by atoms with Crippen molar-refractivity contribution >= 4 is 27.7 Å². The number of likely N-dealkylation sites (tertiary alicyclic amines) is 1. The lowest BCUT2D eigenvalue weighted by atomic mass is 9.81. The van der Waals surface area contributed by atoms with E-state index < -0.39 is 11.5 Å². The highest BCUT2D eigenvalue weighted by molar-refractivity contribution is 9.10. The summed E-state index contributed by atoms with van der Waals surface area (Å²) in [5.74, 6) is 0.120. The summed E-state index contributed by atoms with van der Waals surface area (Å²) in [5, 5.41) is 10.4. The number of imide groups is 1. The van der Waals surface area contributed by atoms with E-state index in [2.05, 4.69) is 15.9 Å². The molecule has 5 nitrogen and oxygen atoms in total. The number of benzene rings is 2. The van der Waals surface area contributed by atoms with Crippen molar-refractivity contribution in [1.29, 1.82) is 0 Å². The molecule has 3 rings (SSSR count). The number of amides is 2. The minimum atomic E-state index is -0.958. The van der Waals surface area contributed by atoms with Gasteiger partial charge < -0.3 is 9.84 Å². The van der Waals surface area contributed by atoms with Crippen molar-refractivity contribution in [3.8, 4) is 5.75 Å². The quantitative estimate of drug-likeness (QED) is 0.690. The minimum absolute atomic E-state index is 0.00988. The Morgan fingerprint density at radius 1 is 1.18 bits per heavy atom. The molecule has 0 radical (unpaired) electrons. The number of aliphatic hydroxyl groups excluding tert-OH is 1. The summed E-state index contributed by atoms with van der Waals surface area (Å²) in [6.45, 7) is 5.64. The van der Waals surface area contributed by atoms with Crippen LogP contribution in [0.15, 0.2) is 46.9 Å². The Morgan fingerprint density at radius 3 is 2.50 bits per heavy atom. The fourth-order valence-corrected chi connectivity index (χ4v) is 3.79. The Morgan fingerprint density at radius 2 is 1.86 bits per heavy atom. The first-order chi connectivity index (χ1) is 13.2. The average molecular weight is 446 g/mol. The van der Waals surface area contributed by atoms with Crippen molar-refractivity contribution < 1.29 is 19.4 Å². The van der Waals surface area contributed by atoms with Crippen molar-refractivity contribution in [2.45, 2.75) is 38.7 Å². The minimum Gasteiger partial charge on any atom is -0.491 e. The number of rotatable bonds is 6. The van der Waals surface area contributed by atoms with Crippen LogP contribution < -0.4 is 4.74 Å². The molecule has 6 heteroatoms. The lowest BCUT2D eigenvalue weighted by Crippen LogP contribution is -2.42. The molecule has 0 spiro atoms. The molecule has 148 valence electrons. The maximum absolute atomic E-state index is 13.0.